The van der Waals surface area contributed by atoms with Crippen molar-refractivity contribution in [1.29, 1.82) is 0 Å². The Balaban J connectivity index is 2.75. The number of aliphatic hydroxyl groups excluding tert-OH is 1. The lowest BCUT2D eigenvalue weighted by Gasteiger charge is -2.03. The van der Waals surface area contributed by atoms with E-state index < -0.39 is 0 Å². The van der Waals surface area contributed by atoms with Gasteiger partial charge in [0.15, 0.2) is 0 Å². The Morgan fingerprint density at radius 2 is 2.33 bits per heavy atom. The van der Waals surface area contributed by atoms with Gasteiger partial charge in [-0.15, -0.1) is 0 Å². The van der Waals surface area contributed by atoms with Crippen LogP contribution in [0, 0.1) is 0 Å². The molecular formula is C6H14NO2. The minimum absolute atomic E-state index is 0.0349. The summed E-state index contributed by atoms with van der Waals surface area (Å²) in [5.74, 6) is 0. The summed E-state index contributed by atoms with van der Waals surface area (Å²) in [6.07, 6.45) is 0.337. The molecule has 3 heteroatoms. The summed E-state index contributed by atoms with van der Waals surface area (Å²) < 4.78 is 0. The Hall–Kier alpha value is -0.120. The summed E-state index contributed by atoms with van der Waals surface area (Å²) in [6.45, 7) is 2.98. The topological polar surface area (TPSA) is 52.2 Å². The maximum absolute atomic E-state index is 9.87. The quantitative estimate of drug-likeness (QED) is 0.508. The molecule has 55 valence electrons. The molecule has 2 N–H and O–H groups in total. The summed E-state index contributed by atoms with van der Waals surface area (Å²) in [5.41, 5.74) is 0. The van der Waals surface area contributed by atoms with Crippen LogP contribution in [0.5, 0.6) is 0 Å². The zero-order valence-corrected chi connectivity index (χ0v) is 5.76. The zero-order valence-electron chi connectivity index (χ0n) is 5.76. The second-order valence-electron chi connectivity index (χ2n) is 2.11. The fourth-order valence-corrected chi connectivity index (χ4v) is 0.508. The monoisotopic (exact) mass is 132 g/mol. The summed E-state index contributed by atoms with van der Waals surface area (Å²) in [4.78, 5) is 0. The number of aliphatic hydroxyl groups is 1. The van der Waals surface area contributed by atoms with Gasteiger partial charge in [0.1, 0.15) is 0 Å². The molecule has 0 aromatic rings. The lowest BCUT2D eigenvalue weighted by molar-refractivity contribution is 0.176. The fourth-order valence-electron chi connectivity index (χ4n) is 0.508. The summed E-state index contributed by atoms with van der Waals surface area (Å²) in [5, 5.41) is 21.5. The van der Waals surface area contributed by atoms with Gasteiger partial charge in [0.25, 0.3) is 0 Å². The maximum Gasteiger partial charge on any atom is 0.0834 e. The van der Waals surface area contributed by atoms with Crippen LogP contribution >= 0.6 is 0 Å². The van der Waals surface area contributed by atoms with E-state index in [4.69, 9.17) is 5.11 Å². The number of hydrogen-bond donors (Lipinski definition) is 2. The van der Waals surface area contributed by atoms with Gasteiger partial charge < -0.3 is 10.4 Å². The molecule has 0 bridgehead atoms. The van der Waals surface area contributed by atoms with Crippen molar-refractivity contribution >= 4 is 0 Å². The molecule has 0 aromatic carbocycles. The second-order valence-corrected chi connectivity index (χ2v) is 2.11. The van der Waals surface area contributed by atoms with E-state index in [0.29, 0.717) is 19.5 Å². The van der Waals surface area contributed by atoms with Crippen molar-refractivity contribution in [2.75, 3.05) is 19.7 Å². The molecular weight excluding hydrogens is 118 g/mol. The van der Waals surface area contributed by atoms with Gasteiger partial charge in [-0.05, 0) is 19.9 Å². The van der Waals surface area contributed by atoms with Crippen LogP contribution in [0.2, 0.25) is 0 Å². The van der Waals surface area contributed by atoms with Gasteiger partial charge in [0, 0.05) is 6.54 Å². The average Bonchev–Trinajstić information content (AvgIpc) is 1.80. The minimum atomic E-state index is -0.309. The first-order chi connectivity index (χ1) is 4.27. The first-order valence-corrected chi connectivity index (χ1v) is 3.24. The molecule has 0 aliphatic heterocycles. The van der Waals surface area contributed by atoms with E-state index in [9.17, 15) is 5.11 Å². The normalized spacial score (nSPS) is 13.7. The molecule has 1 atom stereocenters. The lowest BCUT2D eigenvalue weighted by Crippen LogP contribution is -2.25. The molecule has 0 heterocycles. The molecule has 0 aromatic heterocycles. The van der Waals surface area contributed by atoms with Crippen LogP contribution in [0.3, 0.4) is 0 Å². The van der Waals surface area contributed by atoms with E-state index in [1.54, 1.807) is 6.92 Å². The third-order valence-corrected chi connectivity index (χ3v) is 0.938. The molecule has 0 fully saturated rings. The van der Waals surface area contributed by atoms with Gasteiger partial charge in [0.05, 0.1) is 12.7 Å². The second kappa shape index (κ2) is 6.01. The Morgan fingerprint density at radius 3 is 2.78 bits per heavy atom. The van der Waals surface area contributed by atoms with Gasteiger partial charge in [-0.25, -0.2) is 5.11 Å². The molecule has 1 radical (unpaired) electrons. The first kappa shape index (κ1) is 8.88. The van der Waals surface area contributed by atoms with E-state index in [1.807, 2.05) is 0 Å². The number of nitrogens with one attached hydrogen (secondary N) is 1. The van der Waals surface area contributed by atoms with Crippen molar-refractivity contribution in [2.45, 2.75) is 19.4 Å². The molecule has 0 saturated carbocycles. The average molecular weight is 132 g/mol. The van der Waals surface area contributed by atoms with Gasteiger partial charge in [-0.2, -0.15) is 0 Å². The van der Waals surface area contributed by atoms with Crippen molar-refractivity contribution < 1.29 is 10.2 Å². The standard InChI is InChI=1S/C6H14NO2/c1-6(9)5-7-3-2-4-8/h6-7,9H,2-5H2,1H3/t6-/m0/s1. The van der Waals surface area contributed by atoms with Crippen molar-refractivity contribution in [3.8, 4) is 0 Å². The molecule has 9 heavy (non-hydrogen) atoms. The fraction of sp³-hybridized carbons (Fsp3) is 1.00. The van der Waals surface area contributed by atoms with Crippen molar-refractivity contribution in [2.24, 2.45) is 0 Å². The predicted octanol–water partition coefficient (Wildman–Crippen LogP) is -0.223. The van der Waals surface area contributed by atoms with Crippen LogP contribution in [-0.4, -0.2) is 30.9 Å². The third kappa shape index (κ3) is 7.88. The summed E-state index contributed by atoms with van der Waals surface area (Å²) in [6, 6.07) is 0. The molecule has 0 amide bonds. The van der Waals surface area contributed by atoms with Crippen LogP contribution < -0.4 is 5.32 Å². The van der Waals surface area contributed by atoms with E-state index in [-0.39, 0.29) is 12.7 Å². The van der Waals surface area contributed by atoms with Crippen LogP contribution in [-0.2, 0) is 5.11 Å². The largest absolute Gasteiger partial charge is 0.392 e. The van der Waals surface area contributed by atoms with Crippen LogP contribution in [0.25, 0.3) is 0 Å². The van der Waals surface area contributed by atoms with Crippen LogP contribution in [0.15, 0.2) is 0 Å². The van der Waals surface area contributed by atoms with E-state index >= 15 is 0 Å². The Kier molecular flexibility index (Phi) is 5.93. The first-order valence-electron chi connectivity index (χ1n) is 3.24. The highest BCUT2D eigenvalue weighted by Crippen LogP contribution is 1.76. The minimum Gasteiger partial charge on any atom is -0.392 e. The van der Waals surface area contributed by atoms with Gasteiger partial charge in [0.2, 0.25) is 0 Å². The molecule has 0 saturated heterocycles. The highest BCUT2D eigenvalue weighted by molar-refractivity contribution is 4.51. The van der Waals surface area contributed by atoms with E-state index in [1.165, 1.54) is 0 Å². The number of hydrogen-bond acceptors (Lipinski definition) is 2. The maximum atomic E-state index is 9.87. The Labute approximate surface area is 55.7 Å². The summed E-state index contributed by atoms with van der Waals surface area (Å²) >= 11 is 0. The lowest BCUT2D eigenvalue weighted by atomic mass is 10.4. The van der Waals surface area contributed by atoms with Crippen molar-refractivity contribution in [3.05, 3.63) is 0 Å². The molecule has 0 aliphatic carbocycles. The Morgan fingerprint density at radius 1 is 1.67 bits per heavy atom. The SMILES string of the molecule is C[C@H](O)CNCCC[O]. The molecule has 0 spiro atoms. The highest BCUT2D eigenvalue weighted by atomic mass is 16.3. The molecule has 0 unspecified atom stereocenters. The molecule has 0 aliphatic rings. The smallest absolute Gasteiger partial charge is 0.0834 e. The van der Waals surface area contributed by atoms with Crippen LogP contribution in [0.1, 0.15) is 13.3 Å². The van der Waals surface area contributed by atoms with Crippen LogP contribution in [0.4, 0.5) is 0 Å². The number of rotatable bonds is 5. The van der Waals surface area contributed by atoms with E-state index in [2.05, 4.69) is 5.32 Å². The highest BCUT2D eigenvalue weighted by Gasteiger charge is 1.91. The zero-order chi connectivity index (χ0) is 7.11. The Bertz CT molecular complexity index is 57.0. The van der Waals surface area contributed by atoms with Gasteiger partial charge in [-0.3, -0.25) is 0 Å². The van der Waals surface area contributed by atoms with Crippen molar-refractivity contribution in [3.63, 3.8) is 0 Å². The van der Waals surface area contributed by atoms with Gasteiger partial charge >= 0.3 is 0 Å². The summed E-state index contributed by atoms with van der Waals surface area (Å²) in [7, 11) is 0. The van der Waals surface area contributed by atoms with E-state index in [0.717, 1.165) is 0 Å². The predicted molar refractivity (Wildman–Crippen MR) is 34.7 cm³/mol. The third-order valence-electron chi connectivity index (χ3n) is 0.938. The van der Waals surface area contributed by atoms with Crippen molar-refractivity contribution in [1.82, 2.24) is 5.32 Å². The van der Waals surface area contributed by atoms with Gasteiger partial charge in [-0.1, -0.05) is 0 Å². The molecule has 0 rings (SSSR count). The molecule has 3 nitrogen and oxygen atoms in total.